The highest BCUT2D eigenvalue weighted by Gasteiger charge is 2.89. The quantitative estimate of drug-likeness (QED) is 0.100. The van der Waals surface area contributed by atoms with E-state index in [0.29, 0.717) is 6.61 Å². The molecule has 336 valence electrons. The number of hydrogen-bond acceptors (Lipinski definition) is 2. The fraction of sp³-hybridized carbons (Fsp3) is 0.0506. The van der Waals surface area contributed by atoms with Gasteiger partial charge in [-0.25, -0.2) is 0 Å². The largest absolute Gasteiger partial charge is 0.461 e. The second-order valence-electron chi connectivity index (χ2n) is 29.6. The molecule has 1 saturated carbocycles. The smallest absolute Gasteiger partial charge is 0.311 e. The van der Waals surface area contributed by atoms with E-state index in [0.717, 1.165) is 5.56 Å². The van der Waals surface area contributed by atoms with Gasteiger partial charge in [-0.3, -0.25) is 4.79 Å². The highest BCUT2D eigenvalue weighted by atomic mass is 16.5. The topological polar surface area (TPSA) is 26.3 Å². The summed E-state index contributed by atoms with van der Waals surface area (Å²) in [6.07, 6.45) is 0. The monoisotopic (exact) mass is 988 g/mol. The SMILES string of the molecule is O=C(OCc1ccccc1)C1C23c4c5c6c7c8c9c(c%10c%11c2c2c4c4c%12c5c5c6c6c8c8c%13c9c9c%10c%10c%11c%11c2c2c4c4c%14c%12c%12c5c5c6c8c6c8c%13c9c9c%10c%10c%11c%11c2c4c2c4c%14c%12c%12c5c6c5c6c8c9c8c%10c%11c2c(c86)c4c%125)C713. The zero-order chi connectivity index (χ0) is 47.9. The van der Waals surface area contributed by atoms with Crippen molar-refractivity contribution in [3.05, 3.63) is 58.1 Å². The summed E-state index contributed by atoms with van der Waals surface area (Å²) in [7, 11) is 0. The third-order valence-corrected chi connectivity index (χ3v) is 29.4. The van der Waals surface area contributed by atoms with E-state index in [1.165, 1.54) is 0 Å². The first-order valence-electron chi connectivity index (χ1n) is 30.1. The predicted octanol–water partition coefficient (Wildman–Crippen LogP) is 20.6. The van der Waals surface area contributed by atoms with Gasteiger partial charge in [0, 0.05) is 0 Å². The number of esters is 1. The Balaban J connectivity index is 1.05. The van der Waals surface area contributed by atoms with Crippen LogP contribution in [0.5, 0.6) is 0 Å². The highest BCUT2D eigenvalue weighted by Crippen LogP contribution is 2.92. The van der Waals surface area contributed by atoms with Crippen LogP contribution in [0.15, 0.2) is 30.3 Å². The maximum absolute atomic E-state index is 16.8. The number of carbonyl (C=O) groups is 1. The molecular weight excluding hydrogens is 981 g/mol. The predicted molar refractivity (Wildman–Crippen MR) is 337 cm³/mol. The van der Waals surface area contributed by atoms with Crippen molar-refractivity contribution in [1.82, 2.24) is 0 Å². The minimum absolute atomic E-state index is 0.0175. The van der Waals surface area contributed by atoms with Gasteiger partial charge in [0.05, 0.1) is 16.7 Å². The summed E-state index contributed by atoms with van der Waals surface area (Å²) in [5.41, 5.74) is 6.10. The van der Waals surface area contributed by atoms with E-state index in [-0.39, 0.29) is 11.9 Å². The molecule has 1 atom stereocenters. The molecule has 5 aliphatic rings. The van der Waals surface area contributed by atoms with Gasteiger partial charge < -0.3 is 4.74 Å². The molecule has 0 saturated heterocycles. The fourth-order valence-corrected chi connectivity index (χ4v) is 29.3. The summed E-state index contributed by atoms with van der Waals surface area (Å²) in [5.74, 6) is -0.357. The molecule has 0 aromatic heterocycles. The van der Waals surface area contributed by atoms with Crippen molar-refractivity contribution in [1.29, 1.82) is 0 Å². The van der Waals surface area contributed by atoms with Crippen molar-refractivity contribution in [3.8, 4) is 0 Å². The third-order valence-electron chi connectivity index (χ3n) is 29.4. The first kappa shape index (κ1) is 29.7. The molecule has 0 heterocycles. The van der Waals surface area contributed by atoms with Gasteiger partial charge in [-0.15, -0.1) is 0 Å². The molecule has 34 aromatic carbocycles. The summed E-state index contributed by atoms with van der Waals surface area (Å²) in [6.45, 7) is 0.297. The van der Waals surface area contributed by atoms with Gasteiger partial charge in [-0.05, 0) is 373 Å². The van der Waals surface area contributed by atoms with Crippen molar-refractivity contribution in [3.63, 3.8) is 0 Å². The van der Waals surface area contributed by atoms with Crippen LogP contribution in [0.4, 0.5) is 0 Å². The molecule has 1 fully saturated rings. The number of carbonyl (C=O) groups excluding carboxylic acids is 1. The first-order chi connectivity index (χ1) is 40.4. The molecule has 0 radical (unpaired) electrons. The van der Waals surface area contributed by atoms with Crippen LogP contribution in [0.2, 0.25) is 0 Å². The van der Waals surface area contributed by atoms with Crippen LogP contribution in [0.1, 0.15) is 27.8 Å². The Morgan fingerprint density at radius 3 is 0.543 bits per heavy atom. The second-order valence-corrected chi connectivity index (χ2v) is 29.6. The van der Waals surface area contributed by atoms with Gasteiger partial charge in [0.1, 0.15) is 6.61 Å². The van der Waals surface area contributed by atoms with Crippen LogP contribution in [0.3, 0.4) is 0 Å². The lowest BCUT2D eigenvalue weighted by molar-refractivity contribution is -0.147. The van der Waals surface area contributed by atoms with E-state index in [2.05, 4.69) is 30.3 Å². The standard InChI is InChI=1S/C79H8O2/c80-77(81-6-7-4-2-1-3-5-7)76-78-72-64-56-46-36-29-20-14-8-9-11-13-12-10(8)16-23-18(12)27-28-19(13)24-17(11)26-22(15(9)20)31-37(29)47(46)57-51-41(31)33(26)43-35(24)45-39(28)49-48-38(27)44-34(23)42-32-25(16)21(14)30(36)40(32)50(56)60-54(42)62-52(44)58(48)66-67-59(49)53(45)63-55(43)61(51)69(73(78)65(57)64)71(63)75(67)79(76,78)74(66)70(62)68(60)72/h1-5,76H,6H2. The molecule has 1 unspecified atom stereocenters. The zero-order valence-electron chi connectivity index (χ0n) is 41.0. The number of rotatable bonds is 3. The van der Waals surface area contributed by atoms with Crippen molar-refractivity contribution < 1.29 is 9.53 Å². The molecule has 2 nitrogen and oxygen atoms in total. The maximum Gasteiger partial charge on any atom is 0.311 e. The lowest BCUT2D eigenvalue weighted by Gasteiger charge is -2.32. The molecule has 0 aliphatic heterocycles. The van der Waals surface area contributed by atoms with Crippen LogP contribution in [0, 0.1) is 5.92 Å². The summed E-state index contributed by atoms with van der Waals surface area (Å²) in [4.78, 5) is 16.8. The highest BCUT2D eigenvalue weighted by molar-refractivity contribution is 6.84. The minimum atomic E-state index is -0.587. The lowest BCUT2D eigenvalue weighted by atomic mass is 9.68. The van der Waals surface area contributed by atoms with Crippen molar-refractivity contribution in [2.45, 2.75) is 17.4 Å². The fourth-order valence-electron chi connectivity index (χ4n) is 29.3. The Labute approximate surface area is 439 Å². The summed E-state index contributed by atoms with van der Waals surface area (Å²) in [5, 5.41) is 102. The second kappa shape index (κ2) is 6.73. The van der Waals surface area contributed by atoms with Crippen molar-refractivity contribution >= 4 is 351 Å². The molecule has 0 bridgehead atoms. The molecule has 2 heteroatoms. The van der Waals surface area contributed by atoms with Crippen LogP contribution >= 0.6 is 0 Å². The molecule has 34 aromatic rings. The molecule has 39 rings (SSSR count). The zero-order valence-corrected chi connectivity index (χ0v) is 41.0. The van der Waals surface area contributed by atoms with Crippen molar-refractivity contribution in [2.75, 3.05) is 0 Å². The Morgan fingerprint density at radius 2 is 0.383 bits per heavy atom. The normalized spacial score (nSPS) is 22.4. The van der Waals surface area contributed by atoms with Gasteiger partial charge in [-0.2, -0.15) is 0 Å². The van der Waals surface area contributed by atoms with Crippen LogP contribution < -0.4 is 0 Å². The molecule has 81 heavy (non-hydrogen) atoms. The van der Waals surface area contributed by atoms with E-state index in [9.17, 15) is 0 Å². The van der Waals surface area contributed by atoms with Gasteiger partial charge in [0.15, 0.2) is 0 Å². The van der Waals surface area contributed by atoms with E-state index in [1.807, 2.05) is 0 Å². The maximum atomic E-state index is 16.8. The number of ether oxygens (including phenoxy) is 1. The van der Waals surface area contributed by atoms with Gasteiger partial charge in [-0.1, -0.05) is 30.3 Å². The third kappa shape index (κ3) is 1.59. The Kier molecular flexibility index (Phi) is 2.47. The molecule has 0 amide bonds. The Morgan fingerprint density at radius 1 is 0.235 bits per heavy atom. The van der Waals surface area contributed by atoms with E-state index in [1.54, 1.807) is 367 Å². The minimum Gasteiger partial charge on any atom is -0.461 e. The molecule has 0 N–H and O–H groups in total. The first-order valence-corrected chi connectivity index (χ1v) is 30.1. The van der Waals surface area contributed by atoms with Crippen molar-refractivity contribution in [2.24, 2.45) is 5.92 Å². The number of benzene rings is 24. The summed E-state index contributed by atoms with van der Waals surface area (Å²) in [6, 6.07) is 10.6. The van der Waals surface area contributed by atoms with E-state index < -0.39 is 10.8 Å². The van der Waals surface area contributed by atoms with Gasteiger partial charge in [0.2, 0.25) is 0 Å². The molecule has 5 aliphatic carbocycles. The molecule has 2 spiro atoms. The van der Waals surface area contributed by atoms with Crippen LogP contribution in [0.25, 0.3) is 345 Å². The summed E-state index contributed by atoms with van der Waals surface area (Å²) >= 11 is 0. The van der Waals surface area contributed by atoms with Gasteiger partial charge >= 0.3 is 5.97 Å². The lowest BCUT2D eigenvalue weighted by Crippen LogP contribution is -2.27. The average molecular weight is 989 g/mol. The van der Waals surface area contributed by atoms with Crippen LogP contribution in [-0.4, -0.2) is 5.97 Å². The average Bonchev–Trinajstić information content (AvgIpc) is 1.38. The summed E-state index contributed by atoms with van der Waals surface area (Å²) < 4.78 is 7.08. The van der Waals surface area contributed by atoms with Crippen LogP contribution in [-0.2, 0) is 27.0 Å². The number of hydrogen-bond donors (Lipinski definition) is 0. The van der Waals surface area contributed by atoms with Gasteiger partial charge in [0.25, 0.3) is 0 Å². The Hall–Kier alpha value is -10.2. The van der Waals surface area contributed by atoms with E-state index in [4.69, 9.17) is 4.74 Å². The van der Waals surface area contributed by atoms with E-state index >= 15 is 4.79 Å². The Bertz CT molecular complexity index is 8660. The molecular formula is C79H8O2.